The third-order valence-corrected chi connectivity index (χ3v) is 5.63. The van der Waals surface area contributed by atoms with E-state index in [4.69, 9.17) is 9.47 Å². The Morgan fingerprint density at radius 2 is 1.32 bits per heavy atom. The topological polar surface area (TPSA) is 24.9 Å². The Bertz CT molecular complexity index is 817. The average molecular weight is 422 g/mol. The predicted octanol–water partition coefficient (Wildman–Crippen LogP) is 5.83. The summed E-state index contributed by atoms with van der Waals surface area (Å²) in [6.07, 6.45) is 7.78. The molecule has 0 aliphatic rings. The fourth-order valence-electron chi connectivity index (χ4n) is 3.73. The minimum absolute atomic E-state index is 0.158. The molecular formula is C27H37N2O2+. The van der Waals surface area contributed by atoms with Crippen molar-refractivity contribution in [3.8, 4) is 11.5 Å². The van der Waals surface area contributed by atoms with Crippen molar-refractivity contribution < 1.29 is 9.47 Å². The number of nitrogens with zero attached hydrogens (tertiary/aromatic N) is 2. The van der Waals surface area contributed by atoms with Crippen LogP contribution in [0.2, 0.25) is 0 Å². The second kappa shape index (κ2) is 12.8. The first-order valence-corrected chi connectivity index (χ1v) is 11.2. The molecule has 1 atom stereocenters. The third kappa shape index (κ3) is 6.58. The molecule has 0 bridgehead atoms. The Morgan fingerprint density at radius 1 is 0.806 bits per heavy atom. The number of benzene rings is 2. The number of ether oxygens (including phenoxy) is 2. The summed E-state index contributed by atoms with van der Waals surface area (Å²) in [5, 5.41) is 0. The Kier molecular flexibility index (Phi) is 10.1. The van der Waals surface area contributed by atoms with Gasteiger partial charge in [-0.2, -0.15) is 0 Å². The van der Waals surface area contributed by atoms with Gasteiger partial charge in [-0.25, -0.2) is 0 Å². The van der Waals surface area contributed by atoms with Gasteiger partial charge in [-0.15, -0.1) is 0 Å². The lowest BCUT2D eigenvalue weighted by atomic mass is 10.0. The molecule has 31 heavy (non-hydrogen) atoms. The van der Waals surface area contributed by atoms with Gasteiger partial charge in [0.2, 0.25) is 0 Å². The van der Waals surface area contributed by atoms with Gasteiger partial charge in [-0.05, 0) is 68.9 Å². The van der Waals surface area contributed by atoms with Crippen molar-refractivity contribution in [3.05, 3.63) is 77.9 Å². The Balaban J connectivity index is 2.39. The average Bonchev–Trinajstić information content (AvgIpc) is 2.83. The fourth-order valence-corrected chi connectivity index (χ4v) is 3.73. The van der Waals surface area contributed by atoms with Crippen LogP contribution in [0.15, 0.2) is 60.7 Å². The lowest BCUT2D eigenvalue weighted by molar-refractivity contribution is 0.256. The minimum Gasteiger partial charge on any atom is -0.497 e. The highest BCUT2D eigenvalue weighted by atomic mass is 16.5. The summed E-state index contributed by atoms with van der Waals surface area (Å²) in [7, 11) is 3.39. The van der Waals surface area contributed by atoms with E-state index in [9.17, 15) is 0 Å². The van der Waals surface area contributed by atoms with Crippen molar-refractivity contribution in [2.75, 3.05) is 40.4 Å². The summed E-state index contributed by atoms with van der Waals surface area (Å²) in [5.74, 6) is 1.74. The van der Waals surface area contributed by atoms with Crippen molar-refractivity contribution in [2.45, 2.75) is 33.7 Å². The molecule has 166 valence electrons. The molecule has 0 aliphatic heterocycles. The summed E-state index contributed by atoms with van der Waals surface area (Å²) in [6, 6.07) is 16.7. The first-order valence-electron chi connectivity index (χ1n) is 11.2. The van der Waals surface area contributed by atoms with Crippen LogP contribution in [0.1, 0.15) is 44.9 Å². The smallest absolute Gasteiger partial charge is 0.187 e. The molecule has 0 saturated heterocycles. The van der Waals surface area contributed by atoms with Gasteiger partial charge in [0.15, 0.2) is 11.8 Å². The number of hydrogen-bond acceptors (Lipinski definition) is 4. The number of hydrogen-bond donors (Lipinski definition) is 0. The second-order valence-electron chi connectivity index (χ2n) is 7.20. The van der Waals surface area contributed by atoms with Crippen LogP contribution in [0.4, 0.5) is 0 Å². The Labute approximate surface area is 188 Å². The maximum Gasteiger partial charge on any atom is 0.187 e. The van der Waals surface area contributed by atoms with E-state index in [-0.39, 0.29) is 6.04 Å². The van der Waals surface area contributed by atoms with Crippen LogP contribution >= 0.6 is 0 Å². The largest absolute Gasteiger partial charge is 0.497 e. The zero-order chi connectivity index (χ0) is 22.6. The van der Waals surface area contributed by atoms with Crippen LogP contribution in [0.3, 0.4) is 0 Å². The summed E-state index contributed by atoms with van der Waals surface area (Å²) < 4.78 is 10.6. The molecule has 2 aromatic rings. The fraction of sp³-hybridized carbons (Fsp3) is 0.407. The third-order valence-electron chi connectivity index (χ3n) is 5.63. The van der Waals surface area contributed by atoms with Gasteiger partial charge < -0.3 is 9.47 Å². The molecule has 4 nitrogen and oxygen atoms in total. The van der Waals surface area contributed by atoms with Crippen molar-refractivity contribution >= 4 is 5.70 Å². The lowest BCUT2D eigenvalue weighted by Gasteiger charge is -2.26. The molecule has 2 aromatic carbocycles. The normalized spacial score (nSPS) is 12.7. The van der Waals surface area contributed by atoms with E-state index in [0.717, 1.165) is 48.9 Å². The van der Waals surface area contributed by atoms with E-state index in [1.807, 2.05) is 24.3 Å². The number of rotatable bonds is 12. The summed E-state index contributed by atoms with van der Waals surface area (Å²) in [4.78, 5) is 4.77. The maximum absolute atomic E-state index is 5.33. The molecule has 0 radical (unpaired) electrons. The zero-order valence-corrected chi connectivity index (χ0v) is 19.9. The highest BCUT2D eigenvalue weighted by Crippen LogP contribution is 2.26. The Morgan fingerprint density at radius 3 is 1.77 bits per heavy atom. The van der Waals surface area contributed by atoms with Crippen LogP contribution in [0.25, 0.3) is 5.70 Å². The molecular weight excluding hydrogens is 384 g/mol. The first-order chi connectivity index (χ1) is 15.1. The maximum atomic E-state index is 5.33. The molecule has 0 saturated carbocycles. The van der Waals surface area contributed by atoms with E-state index in [2.05, 4.69) is 80.0 Å². The van der Waals surface area contributed by atoms with Gasteiger partial charge in [0.25, 0.3) is 0 Å². The number of allylic oxidation sites excluding steroid dienone is 2. The molecule has 2 rings (SSSR count). The number of methoxy groups -OCH3 is 2. The minimum atomic E-state index is 0.158. The molecule has 0 heterocycles. The van der Waals surface area contributed by atoms with Crippen molar-refractivity contribution in [2.24, 2.45) is 0 Å². The van der Waals surface area contributed by atoms with Gasteiger partial charge in [-0.3, -0.25) is 9.80 Å². The van der Waals surface area contributed by atoms with E-state index >= 15 is 0 Å². The lowest BCUT2D eigenvalue weighted by Crippen LogP contribution is -2.27. The van der Waals surface area contributed by atoms with Crippen molar-refractivity contribution in [1.29, 1.82) is 0 Å². The molecule has 0 aliphatic carbocycles. The standard InChI is InChI=1S/C27H37N2O2/c1-7-28(8-2)26(22-14-18-24(30-5)19-15-22)12-11-13-27(29(9-3)10-4)23-16-20-25(31-6)21-17-23/h12-21,26H,7-10H2,1-6H3/q+1/b27-13-. The molecule has 1 unspecified atom stereocenters. The second-order valence-corrected chi connectivity index (χ2v) is 7.20. The van der Waals surface area contributed by atoms with E-state index in [1.165, 1.54) is 5.56 Å². The molecule has 0 amide bonds. The first kappa shape index (κ1) is 24.5. The van der Waals surface area contributed by atoms with Crippen LogP contribution in [0.5, 0.6) is 11.5 Å². The van der Waals surface area contributed by atoms with E-state index < -0.39 is 0 Å². The van der Waals surface area contributed by atoms with Gasteiger partial charge in [0, 0.05) is 13.1 Å². The monoisotopic (exact) mass is 421 g/mol. The van der Waals surface area contributed by atoms with Crippen LogP contribution in [-0.4, -0.2) is 50.2 Å². The quantitative estimate of drug-likeness (QED) is 0.318. The van der Waals surface area contributed by atoms with E-state index in [1.54, 1.807) is 14.2 Å². The zero-order valence-electron chi connectivity index (χ0n) is 19.9. The van der Waals surface area contributed by atoms with Gasteiger partial charge in [-0.1, -0.05) is 26.0 Å². The molecule has 0 fully saturated rings. The van der Waals surface area contributed by atoms with Crippen LogP contribution in [-0.2, 0) is 0 Å². The van der Waals surface area contributed by atoms with Gasteiger partial charge in [0.1, 0.15) is 11.5 Å². The molecule has 0 aromatic heterocycles. The molecule has 0 spiro atoms. The molecule has 0 N–H and O–H groups in total. The van der Waals surface area contributed by atoms with Gasteiger partial charge in [0.05, 0.1) is 38.0 Å². The van der Waals surface area contributed by atoms with E-state index in [0.29, 0.717) is 0 Å². The SMILES string of the molecule is CCN(CC)/C(=C\[C+]=CC(c1ccc(OC)cc1)N(CC)CC)c1ccc(OC)cc1. The highest BCUT2D eigenvalue weighted by molar-refractivity contribution is 5.65. The van der Waals surface area contributed by atoms with Crippen LogP contribution in [0, 0.1) is 6.08 Å². The van der Waals surface area contributed by atoms with Crippen molar-refractivity contribution in [1.82, 2.24) is 9.80 Å². The van der Waals surface area contributed by atoms with Crippen molar-refractivity contribution in [3.63, 3.8) is 0 Å². The number of likely N-dealkylation sites (N-methyl/N-ethyl adjacent to an activating group) is 1. The summed E-state index contributed by atoms with van der Waals surface area (Å²) in [6.45, 7) is 12.6. The summed E-state index contributed by atoms with van der Waals surface area (Å²) >= 11 is 0. The van der Waals surface area contributed by atoms with Crippen LogP contribution < -0.4 is 9.47 Å². The van der Waals surface area contributed by atoms with Gasteiger partial charge >= 0.3 is 0 Å². The highest BCUT2D eigenvalue weighted by Gasteiger charge is 2.19. The predicted molar refractivity (Wildman–Crippen MR) is 130 cm³/mol. The molecule has 4 heteroatoms. The Hall–Kier alpha value is -2.81. The summed E-state index contributed by atoms with van der Waals surface area (Å²) in [5.41, 5.74) is 3.56.